The number of carbonyl (C=O) groups is 1. The number of aromatic carboxylic acids is 1. The summed E-state index contributed by atoms with van der Waals surface area (Å²) in [5.74, 6) is -1.15. The first-order chi connectivity index (χ1) is 9.40. The van der Waals surface area contributed by atoms with Crippen molar-refractivity contribution in [2.75, 3.05) is 0 Å². The molecule has 0 aliphatic rings. The Morgan fingerprint density at radius 3 is 2.65 bits per heavy atom. The standard InChI is InChI=1S/C15H15FN2O2/c1-8(2)13-12(15(19)20)7-17-14(18-13)11-6-10(16)5-4-9(11)3/h4-8H,1-3H3,(H,19,20). The Bertz CT molecular complexity index is 669. The zero-order valence-electron chi connectivity index (χ0n) is 11.5. The van der Waals surface area contributed by atoms with Gasteiger partial charge in [-0.1, -0.05) is 19.9 Å². The predicted octanol–water partition coefficient (Wildman–Crippen LogP) is 3.41. The molecule has 2 aromatic rings. The molecule has 0 saturated carbocycles. The Balaban J connectivity index is 2.62. The third-order valence-corrected chi connectivity index (χ3v) is 3.04. The van der Waals surface area contributed by atoms with Gasteiger partial charge >= 0.3 is 5.97 Å². The van der Waals surface area contributed by atoms with Gasteiger partial charge in [0.25, 0.3) is 0 Å². The van der Waals surface area contributed by atoms with E-state index in [1.54, 1.807) is 6.07 Å². The van der Waals surface area contributed by atoms with Crippen molar-refractivity contribution in [1.29, 1.82) is 0 Å². The summed E-state index contributed by atoms with van der Waals surface area (Å²) in [5.41, 5.74) is 1.94. The van der Waals surface area contributed by atoms with Crippen molar-refractivity contribution in [2.24, 2.45) is 0 Å². The first-order valence-electron chi connectivity index (χ1n) is 6.27. The molecule has 1 heterocycles. The van der Waals surface area contributed by atoms with Gasteiger partial charge < -0.3 is 5.11 Å². The molecule has 2 rings (SSSR count). The Hall–Kier alpha value is -2.30. The number of nitrogens with zero attached hydrogens (tertiary/aromatic N) is 2. The lowest BCUT2D eigenvalue weighted by atomic mass is 10.0. The largest absolute Gasteiger partial charge is 0.478 e. The Kier molecular flexibility index (Phi) is 3.79. The highest BCUT2D eigenvalue weighted by atomic mass is 19.1. The number of rotatable bonds is 3. The van der Waals surface area contributed by atoms with E-state index < -0.39 is 5.97 Å². The summed E-state index contributed by atoms with van der Waals surface area (Å²) in [5, 5.41) is 9.13. The number of aryl methyl sites for hydroxylation is 1. The molecule has 0 atom stereocenters. The van der Waals surface area contributed by atoms with Crippen molar-refractivity contribution in [3.8, 4) is 11.4 Å². The highest BCUT2D eigenvalue weighted by Crippen LogP contribution is 2.24. The van der Waals surface area contributed by atoms with Crippen molar-refractivity contribution < 1.29 is 14.3 Å². The van der Waals surface area contributed by atoms with Crippen LogP contribution in [0.2, 0.25) is 0 Å². The lowest BCUT2D eigenvalue weighted by Crippen LogP contribution is -2.09. The van der Waals surface area contributed by atoms with Crippen LogP contribution in [-0.4, -0.2) is 21.0 Å². The van der Waals surface area contributed by atoms with E-state index in [9.17, 15) is 9.18 Å². The summed E-state index contributed by atoms with van der Waals surface area (Å²) in [6, 6.07) is 4.37. The maximum Gasteiger partial charge on any atom is 0.339 e. The van der Waals surface area contributed by atoms with E-state index >= 15 is 0 Å². The van der Waals surface area contributed by atoms with Crippen molar-refractivity contribution in [3.63, 3.8) is 0 Å². The van der Waals surface area contributed by atoms with Gasteiger partial charge in [0.1, 0.15) is 5.82 Å². The van der Waals surface area contributed by atoms with E-state index in [-0.39, 0.29) is 17.3 Å². The number of benzene rings is 1. The first kappa shape index (κ1) is 14.1. The van der Waals surface area contributed by atoms with Crippen molar-refractivity contribution in [1.82, 2.24) is 9.97 Å². The monoisotopic (exact) mass is 274 g/mol. The van der Waals surface area contributed by atoms with Crippen LogP contribution >= 0.6 is 0 Å². The third kappa shape index (κ3) is 2.66. The molecule has 0 saturated heterocycles. The highest BCUT2D eigenvalue weighted by Gasteiger charge is 2.17. The second kappa shape index (κ2) is 5.36. The van der Waals surface area contributed by atoms with E-state index in [2.05, 4.69) is 9.97 Å². The van der Waals surface area contributed by atoms with Crippen LogP contribution in [-0.2, 0) is 0 Å². The molecule has 0 amide bonds. The Labute approximate surface area is 116 Å². The van der Waals surface area contributed by atoms with Crippen LogP contribution < -0.4 is 0 Å². The molecule has 5 heteroatoms. The average molecular weight is 274 g/mol. The molecule has 0 fully saturated rings. The summed E-state index contributed by atoms with van der Waals surface area (Å²) in [6.07, 6.45) is 1.28. The van der Waals surface area contributed by atoms with Crippen LogP contribution in [0.3, 0.4) is 0 Å². The molecule has 1 aromatic heterocycles. The van der Waals surface area contributed by atoms with E-state index in [0.717, 1.165) is 5.56 Å². The van der Waals surface area contributed by atoms with E-state index in [0.29, 0.717) is 17.1 Å². The molecule has 20 heavy (non-hydrogen) atoms. The van der Waals surface area contributed by atoms with Gasteiger partial charge in [0.2, 0.25) is 0 Å². The quantitative estimate of drug-likeness (QED) is 0.931. The van der Waals surface area contributed by atoms with E-state index in [4.69, 9.17) is 5.11 Å². The van der Waals surface area contributed by atoms with Gasteiger partial charge in [-0.3, -0.25) is 0 Å². The lowest BCUT2D eigenvalue weighted by molar-refractivity contribution is 0.0694. The van der Waals surface area contributed by atoms with Gasteiger partial charge in [0.15, 0.2) is 5.82 Å². The SMILES string of the molecule is Cc1ccc(F)cc1-c1ncc(C(=O)O)c(C(C)C)n1. The summed E-state index contributed by atoms with van der Waals surface area (Å²) in [6.45, 7) is 5.55. The lowest BCUT2D eigenvalue weighted by Gasteiger charge is -2.11. The fourth-order valence-electron chi connectivity index (χ4n) is 1.96. The van der Waals surface area contributed by atoms with Crippen molar-refractivity contribution >= 4 is 5.97 Å². The third-order valence-electron chi connectivity index (χ3n) is 3.04. The molecule has 0 aliphatic heterocycles. The molecule has 0 bridgehead atoms. The van der Waals surface area contributed by atoms with Crippen LogP contribution in [0.25, 0.3) is 11.4 Å². The molecule has 0 spiro atoms. The number of carboxylic acids is 1. The average Bonchev–Trinajstić information content (AvgIpc) is 2.40. The number of hydrogen-bond donors (Lipinski definition) is 1. The van der Waals surface area contributed by atoms with Crippen LogP contribution in [0.15, 0.2) is 24.4 Å². The summed E-state index contributed by atoms with van der Waals surface area (Å²) in [7, 11) is 0. The molecular weight excluding hydrogens is 259 g/mol. The minimum Gasteiger partial charge on any atom is -0.478 e. The molecule has 0 unspecified atom stereocenters. The maximum atomic E-state index is 13.3. The molecule has 0 aliphatic carbocycles. The fourth-order valence-corrected chi connectivity index (χ4v) is 1.96. The minimum absolute atomic E-state index is 0.0586. The Morgan fingerprint density at radius 2 is 2.05 bits per heavy atom. The molecule has 0 radical (unpaired) electrons. The second-order valence-electron chi connectivity index (χ2n) is 4.91. The highest BCUT2D eigenvalue weighted by molar-refractivity contribution is 5.89. The van der Waals surface area contributed by atoms with Gasteiger partial charge in [0, 0.05) is 11.8 Å². The van der Waals surface area contributed by atoms with E-state index in [1.165, 1.54) is 18.3 Å². The van der Waals surface area contributed by atoms with Crippen LogP contribution in [0.5, 0.6) is 0 Å². The maximum absolute atomic E-state index is 13.3. The molecule has 1 N–H and O–H groups in total. The summed E-state index contributed by atoms with van der Waals surface area (Å²) >= 11 is 0. The number of halogens is 1. The zero-order valence-corrected chi connectivity index (χ0v) is 11.5. The van der Waals surface area contributed by atoms with Crippen LogP contribution in [0.1, 0.15) is 41.4 Å². The second-order valence-corrected chi connectivity index (χ2v) is 4.91. The fraction of sp³-hybridized carbons (Fsp3) is 0.267. The number of carboxylic acid groups (broad SMARTS) is 1. The zero-order chi connectivity index (χ0) is 14.9. The summed E-state index contributed by atoms with van der Waals surface area (Å²) in [4.78, 5) is 19.5. The van der Waals surface area contributed by atoms with E-state index in [1.807, 2.05) is 20.8 Å². The molecular formula is C15H15FN2O2. The molecule has 104 valence electrons. The minimum atomic E-state index is -1.06. The number of hydrogen-bond acceptors (Lipinski definition) is 3. The summed E-state index contributed by atoms with van der Waals surface area (Å²) < 4.78 is 13.3. The van der Waals surface area contributed by atoms with Gasteiger partial charge in [-0.05, 0) is 30.5 Å². The first-order valence-corrected chi connectivity index (χ1v) is 6.27. The number of aromatic nitrogens is 2. The van der Waals surface area contributed by atoms with Crippen LogP contribution in [0, 0.1) is 12.7 Å². The van der Waals surface area contributed by atoms with Gasteiger partial charge in [-0.2, -0.15) is 0 Å². The normalized spacial score (nSPS) is 10.8. The predicted molar refractivity (Wildman–Crippen MR) is 73.2 cm³/mol. The topological polar surface area (TPSA) is 63.1 Å². The van der Waals surface area contributed by atoms with Crippen molar-refractivity contribution in [3.05, 3.63) is 47.0 Å². The van der Waals surface area contributed by atoms with Gasteiger partial charge in [-0.15, -0.1) is 0 Å². The Morgan fingerprint density at radius 1 is 1.35 bits per heavy atom. The van der Waals surface area contributed by atoms with Gasteiger partial charge in [-0.25, -0.2) is 19.2 Å². The van der Waals surface area contributed by atoms with Crippen molar-refractivity contribution in [2.45, 2.75) is 26.7 Å². The van der Waals surface area contributed by atoms with Gasteiger partial charge in [0.05, 0.1) is 11.3 Å². The molecule has 1 aromatic carbocycles. The molecule has 4 nitrogen and oxygen atoms in total. The van der Waals surface area contributed by atoms with Crippen LogP contribution in [0.4, 0.5) is 4.39 Å². The smallest absolute Gasteiger partial charge is 0.339 e.